The molecule has 1 atom stereocenters. The number of amides is 1. The molecule has 7 nitrogen and oxygen atoms in total. The quantitative estimate of drug-likeness (QED) is 0.723. The summed E-state index contributed by atoms with van der Waals surface area (Å²) in [7, 11) is -2.28. The molecule has 1 amide bonds. The third-order valence-electron chi connectivity index (χ3n) is 4.54. The Kier molecular flexibility index (Phi) is 7.83. The molecule has 3 rings (SSSR count). The number of anilines is 1. The smallest absolute Gasteiger partial charge is 0.259 e. The molecule has 0 saturated carbocycles. The molecule has 10 heteroatoms. The lowest BCUT2D eigenvalue weighted by molar-refractivity contribution is 0.102. The molecule has 160 valence electrons. The number of nitrogens with zero attached hydrogens (tertiary/aromatic N) is 1. The topological polar surface area (TPSA) is 105 Å². The minimum Gasteiger partial charge on any atom is -0.496 e. The van der Waals surface area contributed by atoms with Crippen molar-refractivity contribution < 1.29 is 27.1 Å². The summed E-state index contributed by atoms with van der Waals surface area (Å²) in [6.07, 6.45) is 0.670. The molecule has 30 heavy (non-hydrogen) atoms. The molecule has 0 aliphatic carbocycles. The normalized spacial score (nSPS) is 15.7. The lowest BCUT2D eigenvalue weighted by atomic mass is 10.1. The Balaban J connectivity index is 0.00000320. The van der Waals surface area contributed by atoms with Crippen molar-refractivity contribution in [2.45, 2.75) is 11.3 Å². The number of nitriles is 1. The molecular formula is C20H21FN2O5S2. The zero-order valence-electron chi connectivity index (χ0n) is 16.1. The molecule has 0 bridgehead atoms. The molecule has 0 spiro atoms. The van der Waals surface area contributed by atoms with Gasteiger partial charge < -0.3 is 14.8 Å². The largest absolute Gasteiger partial charge is 0.496 e. The highest BCUT2D eigenvalue weighted by Crippen LogP contribution is 2.27. The fourth-order valence-electron chi connectivity index (χ4n) is 3.10. The van der Waals surface area contributed by atoms with E-state index < -0.39 is 21.6 Å². The van der Waals surface area contributed by atoms with Crippen LogP contribution < -0.4 is 10.1 Å². The van der Waals surface area contributed by atoms with Crippen LogP contribution in [-0.4, -0.2) is 40.4 Å². The first-order valence-corrected chi connectivity index (χ1v) is 10.5. The first kappa shape index (κ1) is 23.7. The van der Waals surface area contributed by atoms with E-state index in [1.807, 2.05) is 0 Å². The monoisotopic (exact) mass is 452 g/mol. The van der Waals surface area contributed by atoms with E-state index in [-0.39, 0.29) is 52.6 Å². The number of nitrogens with one attached hydrogen (secondary N) is 1. The van der Waals surface area contributed by atoms with Crippen LogP contribution in [0.2, 0.25) is 0 Å². The number of methoxy groups -OCH3 is 1. The average molecular weight is 453 g/mol. The third kappa shape index (κ3) is 5.50. The van der Waals surface area contributed by atoms with E-state index in [9.17, 15) is 17.6 Å². The number of carbonyl (C=O) groups is 1. The van der Waals surface area contributed by atoms with E-state index in [1.54, 1.807) is 6.07 Å². The predicted octanol–water partition coefficient (Wildman–Crippen LogP) is 2.88. The minimum atomic E-state index is -3.63. The summed E-state index contributed by atoms with van der Waals surface area (Å²) in [5.74, 6) is -1.35. The maximum atomic E-state index is 13.6. The number of rotatable bonds is 6. The second-order valence-electron chi connectivity index (χ2n) is 6.67. The Morgan fingerprint density at radius 3 is 2.73 bits per heavy atom. The SMILES string of the molecule is COc1ccc(S(=O)(=O)C[C@H]2CCOC2)cc1C(=O)Nc1cc(F)cc(C#N)c1.S. The number of hydrogen-bond acceptors (Lipinski definition) is 6. The lowest BCUT2D eigenvalue weighted by Crippen LogP contribution is -2.18. The molecule has 0 radical (unpaired) electrons. The van der Waals surface area contributed by atoms with Gasteiger partial charge in [-0.3, -0.25) is 4.79 Å². The van der Waals surface area contributed by atoms with Crippen molar-refractivity contribution in [3.05, 3.63) is 53.3 Å². The summed E-state index contributed by atoms with van der Waals surface area (Å²) in [6.45, 7) is 0.929. The van der Waals surface area contributed by atoms with Gasteiger partial charge >= 0.3 is 0 Å². The second-order valence-corrected chi connectivity index (χ2v) is 8.70. The van der Waals surface area contributed by atoms with E-state index >= 15 is 0 Å². The molecule has 1 N–H and O–H groups in total. The van der Waals surface area contributed by atoms with Crippen LogP contribution in [0.25, 0.3) is 0 Å². The summed E-state index contributed by atoms with van der Waals surface area (Å²) in [5.41, 5.74) is 0.103. The first-order chi connectivity index (χ1) is 13.8. The summed E-state index contributed by atoms with van der Waals surface area (Å²) in [6, 6.07) is 9.24. The number of carbonyl (C=O) groups excluding carboxylic acids is 1. The Hall–Kier alpha value is -2.61. The standard InChI is InChI=1S/C20H19FN2O5S.H2S/c1-27-19-3-2-17(29(25,26)12-13-4-5-28-11-13)9-18(19)20(24)23-16-7-14(10-22)6-15(21)8-16;/h2-3,6-9,13H,4-5,11-12H2,1H3,(H,23,24);1H2/t13-;/m0./s1. The summed E-state index contributed by atoms with van der Waals surface area (Å²) < 4.78 is 49.5. The van der Waals surface area contributed by atoms with E-state index in [0.29, 0.717) is 19.6 Å². The lowest BCUT2D eigenvalue weighted by Gasteiger charge is -2.13. The van der Waals surface area contributed by atoms with Gasteiger partial charge in [0.2, 0.25) is 0 Å². The molecule has 1 fully saturated rings. The highest BCUT2D eigenvalue weighted by molar-refractivity contribution is 7.91. The van der Waals surface area contributed by atoms with Gasteiger partial charge in [-0.25, -0.2) is 12.8 Å². The number of ether oxygens (including phenoxy) is 2. The van der Waals surface area contributed by atoms with Crippen LogP contribution in [0.5, 0.6) is 5.75 Å². The van der Waals surface area contributed by atoms with Crippen LogP contribution in [0.1, 0.15) is 22.3 Å². The highest BCUT2D eigenvalue weighted by Gasteiger charge is 2.26. The van der Waals surface area contributed by atoms with Gasteiger partial charge in [0, 0.05) is 12.3 Å². The zero-order valence-corrected chi connectivity index (χ0v) is 18.0. The zero-order chi connectivity index (χ0) is 21.0. The maximum absolute atomic E-state index is 13.6. The van der Waals surface area contributed by atoms with Crippen molar-refractivity contribution in [1.82, 2.24) is 0 Å². The van der Waals surface area contributed by atoms with Gasteiger partial charge in [0.1, 0.15) is 11.6 Å². The molecule has 1 heterocycles. The molecule has 1 saturated heterocycles. The number of sulfone groups is 1. The number of hydrogen-bond donors (Lipinski definition) is 1. The van der Waals surface area contributed by atoms with Crippen molar-refractivity contribution in [1.29, 1.82) is 5.26 Å². The first-order valence-electron chi connectivity index (χ1n) is 8.83. The summed E-state index contributed by atoms with van der Waals surface area (Å²) >= 11 is 0. The number of benzene rings is 2. The van der Waals surface area contributed by atoms with E-state index in [2.05, 4.69) is 5.32 Å². The summed E-state index contributed by atoms with van der Waals surface area (Å²) in [4.78, 5) is 12.7. The van der Waals surface area contributed by atoms with Crippen LogP contribution in [0.4, 0.5) is 10.1 Å². The van der Waals surface area contributed by atoms with Crippen molar-refractivity contribution in [2.75, 3.05) is 31.4 Å². The molecule has 1 aliphatic rings. The van der Waals surface area contributed by atoms with Crippen LogP contribution in [-0.2, 0) is 14.6 Å². The van der Waals surface area contributed by atoms with E-state index in [4.69, 9.17) is 14.7 Å². The van der Waals surface area contributed by atoms with Gasteiger partial charge in [0.25, 0.3) is 5.91 Å². The number of halogens is 1. The van der Waals surface area contributed by atoms with Crippen molar-refractivity contribution in [2.24, 2.45) is 5.92 Å². The van der Waals surface area contributed by atoms with Gasteiger partial charge in [-0.1, -0.05) is 0 Å². The van der Waals surface area contributed by atoms with Gasteiger partial charge in [-0.15, -0.1) is 0 Å². The molecule has 0 unspecified atom stereocenters. The van der Waals surface area contributed by atoms with Crippen LogP contribution >= 0.6 is 13.5 Å². The van der Waals surface area contributed by atoms with Crippen molar-refractivity contribution in [3.8, 4) is 11.8 Å². The fourth-order valence-corrected chi connectivity index (χ4v) is 4.75. The van der Waals surface area contributed by atoms with E-state index in [1.165, 1.54) is 31.4 Å². The molecule has 1 aliphatic heterocycles. The Labute approximate surface area is 181 Å². The van der Waals surface area contributed by atoms with Gasteiger partial charge in [-0.05, 0) is 48.7 Å². The molecule has 0 aromatic heterocycles. The third-order valence-corrected chi connectivity index (χ3v) is 6.42. The van der Waals surface area contributed by atoms with Gasteiger partial charge in [-0.2, -0.15) is 18.8 Å². The molecule has 2 aromatic carbocycles. The van der Waals surface area contributed by atoms with E-state index in [0.717, 1.165) is 12.1 Å². The molecular weight excluding hydrogens is 431 g/mol. The van der Waals surface area contributed by atoms with Crippen molar-refractivity contribution >= 4 is 34.9 Å². The second kappa shape index (κ2) is 9.93. The Morgan fingerprint density at radius 2 is 2.10 bits per heavy atom. The predicted molar refractivity (Wildman–Crippen MR) is 113 cm³/mol. The summed E-state index contributed by atoms with van der Waals surface area (Å²) in [5, 5.41) is 11.4. The van der Waals surface area contributed by atoms with Gasteiger partial charge in [0.05, 0.1) is 41.6 Å². The highest BCUT2D eigenvalue weighted by atomic mass is 32.2. The van der Waals surface area contributed by atoms with Crippen LogP contribution in [0, 0.1) is 23.1 Å². The maximum Gasteiger partial charge on any atom is 0.259 e. The Morgan fingerprint density at radius 1 is 1.33 bits per heavy atom. The average Bonchev–Trinajstić information content (AvgIpc) is 3.19. The minimum absolute atomic E-state index is 0. The Bertz CT molecular complexity index is 1080. The van der Waals surface area contributed by atoms with Gasteiger partial charge in [0.15, 0.2) is 9.84 Å². The van der Waals surface area contributed by atoms with Crippen LogP contribution in [0.3, 0.4) is 0 Å². The van der Waals surface area contributed by atoms with Crippen LogP contribution in [0.15, 0.2) is 41.3 Å². The fraction of sp³-hybridized carbons (Fsp3) is 0.300. The van der Waals surface area contributed by atoms with Crippen molar-refractivity contribution in [3.63, 3.8) is 0 Å². The molecule has 2 aromatic rings.